The second-order valence-corrected chi connectivity index (χ2v) is 5.00. The number of methoxy groups -OCH3 is 1. The largest absolute Gasteiger partial charge is 0.497 e. The predicted octanol–water partition coefficient (Wildman–Crippen LogP) is 3.01. The Balaban J connectivity index is 1.98. The average Bonchev–Trinajstić information content (AvgIpc) is 2.95. The summed E-state index contributed by atoms with van der Waals surface area (Å²) in [5, 5.41) is 11.4. The van der Waals surface area contributed by atoms with Crippen LogP contribution in [0.1, 0.15) is 18.1 Å². The molecule has 0 radical (unpaired) electrons. The van der Waals surface area contributed by atoms with Gasteiger partial charge in [0.2, 0.25) is 0 Å². The summed E-state index contributed by atoms with van der Waals surface area (Å²) >= 11 is 0. The van der Waals surface area contributed by atoms with Crippen molar-refractivity contribution in [2.75, 3.05) is 13.7 Å². The molecular weight excluding hydrogens is 256 g/mol. The number of carboxylic acids is 1. The van der Waals surface area contributed by atoms with Crippen LogP contribution in [0.15, 0.2) is 36.4 Å². The molecule has 2 unspecified atom stereocenters. The second kappa shape index (κ2) is 5.13. The lowest BCUT2D eigenvalue weighted by Gasteiger charge is -2.16. The summed E-state index contributed by atoms with van der Waals surface area (Å²) in [6.45, 7) is 0.502. The molecule has 0 amide bonds. The van der Waals surface area contributed by atoms with Gasteiger partial charge in [0.15, 0.2) is 0 Å². The highest BCUT2D eigenvalue weighted by Crippen LogP contribution is 2.36. The highest BCUT2D eigenvalue weighted by Gasteiger charge is 2.35. The summed E-state index contributed by atoms with van der Waals surface area (Å²) in [6.07, 6.45) is 0.222. The molecule has 1 saturated heterocycles. The molecule has 0 bridgehead atoms. The van der Waals surface area contributed by atoms with E-state index in [-0.39, 0.29) is 6.10 Å². The van der Waals surface area contributed by atoms with Crippen LogP contribution < -0.4 is 4.74 Å². The zero-order valence-electron chi connectivity index (χ0n) is 11.2. The zero-order valence-corrected chi connectivity index (χ0v) is 11.2. The number of hydrogen-bond donors (Lipinski definition) is 1. The van der Waals surface area contributed by atoms with Crippen molar-refractivity contribution in [2.45, 2.75) is 12.5 Å². The third kappa shape index (κ3) is 2.23. The molecule has 1 aliphatic rings. The summed E-state index contributed by atoms with van der Waals surface area (Å²) in [6, 6.07) is 11.8. The van der Waals surface area contributed by atoms with Gasteiger partial charge in [-0.1, -0.05) is 18.2 Å². The Bertz CT molecular complexity index is 650. The maximum Gasteiger partial charge on any atom is 0.309 e. The second-order valence-electron chi connectivity index (χ2n) is 5.00. The average molecular weight is 272 g/mol. The van der Waals surface area contributed by atoms with Gasteiger partial charge in [0.25, 0.3) is 0 Å². The quantitative estimate of drug-likeness (QED) is 0.933. The Kier molecular flexibility index (Phi) is 3.32. The normalized spacial score (nSPS) is 22.1. The van der Waals surface area contributed by atoms with E-state index in [0.717, 1.165) is 22.1 Å². The first kappa shape index (κ1) is 12.9. The number of benzene rings is 2. The minimum absolute atomic E-state index is 0.348. The van der Waals surface area contributed by atoms with Gasteiger partial charge in [-0.2, -0.15) is 0 Å². The Labute approximate surface area is 116 Å². The Hall–Kier alpha value is -2.07. The van der Waals surface area contributed by atoms with Gasteiger partial charge >= 0.3 is 5.97 Å². The van der Waals surface area contributed by atoms with Crippen molar-refractivity contribution in [3.63, 3.8) is 0 Å². The molecule has 1 fully saturated rings. The molecule has 4 nitrogen and oxygen atoms in total. The van der Waals surface area contributed by atoms with Crippen molar-refractivity contribution in [1.29, 1.82) is 0 Å². The third-order valence-corrected chi connectivity index (χ3v) is 3.81. The van der Waals surface area contributed by atoms with Crippen molar-refractivity contribution in [2.24, 2.45) is 5.92 Å². The summed E-state index contributed by atoms with van der Waals surface area (Å²) in [4.78, 5) is 11.2. The fourth-order valence-corrected chi connectivity index (χ4v) is 2.72. The van der Waals surface area contributed by atoms with Crippen LogP contribution >= 0.6 is 0 Å². The molecule has 104 valence electrons. The van der Waals surface area contributed by atoms with E-state index < -0.39 is 11.9 Å². The fraction of sp³-hybridized carbons (Fsp3) is 0.312. The number of carbonyl (C=O) groups is 1. The van der Waals surface area contributed by atoms with Gasteiger partial charge < -0.3 is 14.6 Å². The first-order chi connectivity index (χ1) is 9.69. The monoisotopic (exact) mass is 272 g/mol. The van der Waals surface area contributed by atoms with Crippen molar-refractivity contribution >= 4 is 16.7 Å². The standard InChI is InChI=1S/C16H16O4/c1-19-13-5-4-10-8-12(3-2-11(10)9-13)15-14(16(17)18)6-7-20-15/h2-5,8-9,14-15H,6-7H2,1H3,(H,17,18). The smallest absolute Gasteiger partial charge is 0.309 e. The molecule has 0 aromatic heterocycles. The van der Waals surface area contributed by atoms with Gasteiger partial charge in [-0.05, 0) is 41.0 Å². The highest BCUT2D eigenvalue weighted by molar-refractivity contribution is 5.85. The van der Waals surface area contributed by atoms with Gasteiger partial charge in [0.05, 0.1) is 19.1 Å². The Morgan fingerprint density at radius 3 is 2.75 bits per heavy atom. The number of hydrogen-bond acceptors (Lipinski definition) is 3. The zero-order chi connectivity index (χ0) is 14.1. The minimum atomic E-state index is -0.790. The van der Waals surface area contributed by atoms with Crippen LogP contribution in [0.5, 0.6) is 5.75 Å². The molecule has 2 atom stereocenters. The van der Waals surface area contributed by atoms with E-state index in [1.54, 1.807) is 7.11 Å². The Morgan fingerprint density at radius 2 is 2.00 bits per heavy atom. The van der Waals surface area contributed by atoms with Crippen LogP contribution in [0.2, 0.25) is 0 Å². The topological polar surface area (TPSA) is 55.8 Å². The van der Waals surface area contributed by atoms with Crippen LogP contribution in [-0.2, 0) is 9.53 Å². The summed E-state index contributed by atoms with van der Waals surface area (Å²) in [5.74, 6) is -0.432. The molecule has 3 rings (SSSR count). The van der Waals surface area contributed by atoms with Crippen LogP contribution in [-0.4, -0.2) is 24.8 Å². The molecule has 2 aromatic carbocycles. The van der Waals surface area contributed by atoms with E-state index in [9.17, 15) is 9.90 Å². The summed E-state index contributed by atoms with van der Waals surface area (Å²) in [7, 11) is 1.64. The third-order valence-electron chi connectivity index (χ3n) is 3.81. The van der Waals surface area contributed by atoms with Gasteiger partial charge in [0, 0.05) is 6.61 Å². The number of carboxylic acid groups (broad SMARTS) is 1. The molecule has 4 heteroatoms. The minimum Gasteiger partial charge on any atom is -0.497 e. The van der Waals surface area contributed by atoms with E-state index in [4.69, 9.17) is 9.47 Å². The molecule has 1 heterocycles. The van der Waals surface area contributed by atoms with E-state index in [1.807, 2.05) is 36.4 Å². The van der Waals surface area contributed by atoms with Crippen molar-refractivity contribution in [1.82, 2.24) is 0 Å². The molecule has 20 heavy (non-hydrogen) atoms. The van der Waals surface area contributed by atoms with Crippen LogP contribution in [0, 0.1) is 5.92 Å². The lowest BCUT2D eigenvalue weighted by atomic mass is 9.94. The maximum atomic E-state index is 11.2. The van der Waals surface area contributed by atoms with Crippen molar-refractivity contribution < 1.29 is 19.4 Å². The first-order valence-corrected chi connectivity index (χ1v) is 6.61. The van der Waals surface area contributed by atoms with Gasteiger partial charge in [-0.15, -0.1) is 0 Å². The van der Waals surface area contributed by atoms with Crippen molar-refractivity contribution in [3.8, 4) is 5.75 Å². The number of aliphatic carboxylic acids is 1. The Morgan fingerprint density at radius 1 is 1.25 bits per heavy atom. The molecule has 0 spiro atoms. The van der Waals surface area contributed by atoms with Crippen LogP contribution in [0.4, 0.5) is 0 Å². The van der Waals surface area contributed by atoms with Gasteiger partial charge in [-0.3, -0.25) is 4.79 Å². The molecule has 1 N–H and O–H groups in total. The van der Waals surface area contributed by atoms with Gasteiger partial charge in [-0.25, -0.2) is 0 Å². The highest BCUT2D eigenvalue weighted by atomic mass is 16.5. The predicted molar refractivity (Wildman–Crippen MR) is 74.9 cm³/mol. The van der Waals surface area contributed by atoms with E-state index in [2.05, 4.69) is 0 Å². The maximum absolute atomic E-state index is 11.2. The van der Waals surface area contributed by atoms with E-state index in [1.165, 1.54) is 0 Å². The van der Waals surface area contributed by atoms with Crippen LogP contribution in [0.3, 0.4) is 0 Å². The SMILES string of the molecule is COc1ccc2cc(C3OCCC3C(=O)O)ccc2c1. The lowest BCUT2D eigenvalue weighted by Crippen LogP contribution is -2.17. The first-order valence-electron chi connectivity index (χ1n) is 6.61. The summed E-state index contributed by atoms with van der Waals surface area (Å²) < 4.78 is 10.8. The van der Waals surface area contributed by atoms with Crippen LogP contribution in [0.25, 0.3) is 10.8 Å². The number of ether oxygens (including phenoxy) is 2. The molecular formula is C16H16O4. The summed E-state index contributed by atoms with van der Waals surface area (Å²) in [5.41, 5.74) is 0.924. The number of fused-ring (bicyclic) bond motifs is 1. The van der Waals surface area contributed by atoms with E-state index in [0.29, 0.717) is 13.0 Å². The fourth-order valence-electron chi connectivity index (χ4n) is 2.72. The van der Waals surface area contributed by atoms with Gasteiger partial charge in [0.1, 0.15) is 5.75 Å². The van der Waals surface area contributed by atoms with E-state index >= 15 is 0 Å². The lowest BCUT2D eigenvalue weighted by molar-refractivity contribution is -0.143. The molecule has 2 aromatic rings. The molecule has 1 aliphatic heterocycles. The van der Waals surface area contributed by atoms with Crippen molar-refractivity contribution in [3.05, 3.63) is 42.0 Å². The molecule has 0 saturated carbocycles. The molecule has 0 aliphatic carbocycles. The number of rotatable bonds is 3.